The smallest absolute Gasteiger partial charge is 0.334 e. The number of nitrogens with zero attached hydrogens (tertiary/aromatic N) is 1. The van der Waals surface area contributed by atoms with Crippen molar-refractivity contribution in [2.75, 3.05) is 6.61 Å². The summed E-state index contributed by atoms with van der Waals surface area (Å²) in [6.07, 6.45) is 0.673. The fourth-order valence-electron chi connectivity index (χ4n) is 1.48. The molecule has 0 bridgehead atoms. The largest absolute Gasteiger partial charge is 0.479 e. The van der Waals surface area contributed by atoms with E-state index in [0.29, 0.717) is 6.29 Å². The van der Waals surface area contributed by atoms with Gasteiger partial charge < -0.3 is 9.99 Å². The van der Waals surface area contributed by atoms with Crippen LogP contribution in [0.5, 0.6) is 5.75 Å². The highest BCUT2D eigenvalue weighted by Crippen LogP contribution is 2.32. The standard InChI is InChI=1S/C11H11NO7/c1-2-8-9(12(16)17)4-3-7(5-13)11(8)19-18-6-10(14)15/h3-5H,2,6H2,1H3,(H,14,15). The van der Waals surface area contributed by atoms with Crippen molar-refractivity contribution in [2.24, 2.45) is 0 Å². The number of nitro benzene ring substituents is 1. The summed E-state index contributed by atoms with van der Waals surface area (Å²) in [5.41, 5.74) is -0.00477. The molecule has 8 heteroatoms. The lowest BCUT2D eigenvalue weighted by molar-refractivity contribution is -0.385. The van der Waals surface area contributed by atoms with E-state index in [9.17, 15) is 19.7 Å². The first-order valence-electron chi connectivity index (χ1n) is 5.28. The average molecular weight is 269 g/mol. The van der Waals surface area contributed by atoms with Gasteiger partial charge in [0.25, 0.3) is 5.69 Å². The van der Waals surface area contributed by atoms with Crippen molar-refractivity contribution in [3.63, 3.8) is 0 Å². The third-order valence-corrected chi connectivity index (χ3v) is 2.27. The molecular formula is C11H11NO7. The molecule has 0 aliphatic rings. The van der Waals surface area contributed by atoms with E-state index in [1.165, 1.54) is 12.1 Å². The maximum Gasteiger partial charge on any atom is 0.334 e. The number of nitro groups is 1. The van der Waals surface area contributed by atoms with Crippen LogP contribution < -0.4 is 4.89 Å². The van der Waals surface area contributed by atoms with Gasteiger partial charge in [-0.1, -0.05) is 6.92 Å². The first-order chi connectivity index (χ1) is 9.01. The van der Waals surface area contributed by atoms with E-state index in [0.717, 1.165) is 0 Å². The zero-order valence-corrected chi connectivity index (χ0v) is 9.99. The second-order valence-electron chi connectivity index (χ2n) is 3.45. The van der Waals surface area contributed by atoms with Crippen molar-refractivity contribution in [1.29, 1.82) is 0 Å². The summed E-state index contributed by atoms with van der Waals surface area (Å²) < 4.78 is 0. The van der Waals surface area contributed by atoms with Crippen LogP contribution in [0.1, 0.15) is 22.8 Å². The Morgan fingerprint density at radius 3 is 2.68 bits per heavy atom. The summed E-state index contributed by atoms with van der Waals surface area (Å²) in [6.45, 7) is 0.894. The Hall–Kier alpha value is -2.48. The molecule has 0 aliphatic carbocycles. The lowest BCUT2D eigenvalue weighted by Crippen LogP contribution is -2.11. The summed E-state index contributed by atoms with van der Waals surface area (Å²) >= 11 is 0. The zero-order chi connectivity index (χ0) is 14.4. The molecule has 0 atom stereocenters. The molecule has 102 valence electrons. The third kappa shape index (κ3) is 3.49. The minimum atomic E-state index is -1.27. The number of carboxylic acids is 1. The molecule has 8 nitrogen and oxygen atoms in total. The Balaban J connectivity index is 3.16. The molecule has 0 aromatic heterocycles. The van der Waals surface area contributed by atoms with Gasteiger partial charge in [0.05, 0.1) is 16.1 Å². The number of hydrogen-bond acceptors (Lipinski definition) is 6. The first kappa shape index (κ1) is 14.6. The van der Waals surface area contributed by atoms with Crippen LogP contribution in [0, 0.1) is 10.1 Å². The lowest BCUT2D eigenvalue weighted by Gasteiger charge is -2.10. The number of aldehydes is 1. The quantitative estimate of drug-likeness (QED) is 0.344. The van der Waals surface area contributed by atoms with Crippen LogP contribution in [0.15, 0.2) is 12.1 Å². The molecule has 0 radical (unpaired) electrons. The molecule has 0 saturated carbocycles. The number of carbonyl (C=O) groups is 2. The SMILES string of the molecule is CCc1c([N+](=O)[O-])ccc(C=O)c1OOCC(=O)O. The maximum atomic E-state index is 10.9. The van der Waals surface area contributed by atoms with Crippen LogP contribution in [0.2, 0.25) is 0 Å². The van der Waals surface area contributed by atoms with Crippen LogP contribution in [0.3, 0.4) is 0 Å². The van der Waals surface area contributed by atoms with Gasteiger partial charge in [0, 0.05) is 6.07 Å². The number of benzene rings is 1. The number of carbonyl (C=O) groups excluding carboxylic acids is 1. The second-order valence-corrected chi connectivity index (χ2v) is 3.45. The summed E-state index contributed by atoms with van der Waals surface area (Å²) in [5.74, 6) is -1.40. The molecule has 0 heterocycles. The number of aliphatic carboxylic acids is 1. The molecule has 0 amide bonds. The molecule has 0 spiro atoms. The van der Waals surface area contributed by atoms with Crippen molar-refractivity contribution in [3.05, 3.63) is 33.4 Å². The molecule has 1 rings (SSSR count). The minimum absolute atomic E-state index is 0.0489. The molecule has 0 saturated heterocycles. The van der Waals surface area contributed by atoms with Crippen LogP contribution in [0.4, 0.5) is 5.69 Å². The number of carboxylic acid groups (broad SMARTS) is 1. The lowest BCUT2D eigenvalue weighted by atomic mass is 10.1. The van der Waals surface area contributed by atoms with Crippen molar-refractivity contribution in [1.82, 2.24) is 0 Å². The van der Waals surface area contributed by atoms with E-state index >= 15 is 0 Å². The van der Waals surface area contributed by atoms with Crippen LogP contribution >= 0.6 is 0 Å². The van der Waals surface area contributed by atoms with Crippen molar-refractivity contribution in [2.45, 2.75) is 13.3 Å². The van der Waals surface area contributed by atoms with E-state index in [4.69, 9.17) is 9.99 Å². The van der Waals surface area contributed by atoms with E-state index in [1.54, 1.807) is 6.92 Å². The second kappa shape index (κ2) is 6.45. The van der Waals surface area contributed by atoms with Gasteiger partial charge in [-0.25, -0.2) is 4.79 Å². The molecule has 19 heavy (non-hydrogen) atoms. The van der Waals surface area contributed by atoms with Gasteiger partial charge in [-0.05, 0) is 12.5 Å². The Labute approximate surface area is 107 Å². The molecule has 1 N–H and O–H groups in total. The van der Waals surface area contributed by atoms with Crippen molar-refractivity contribution < 1.29 is 29.4 Å². The van der Waals surface area contributed by atoms with Gasteiger partial charge >= 0.3 is 5.97 Å². The van der Waals surface area contributed by atoms with Gasteiger partial charge in [0.2, 0.25) is 0 Å². The molecule has 0 fully saturated rings. The van der Waals surface area contributed by atoms with E-state index in [-0.39, 0.29) is 29.0 Å². The third-order valence-electron chi connectivity index (χ3n) is 2.27. The van der Waals surface area contributed by atoms with Gasteiger partial charge in [-0.15, -0.1) is 0 Å². The van der Waals surface area contributed by atoms with Gasteiger partial charge in [0.15, 0.2) is 18.6 Å². The molecule has 1 aromatic carbocycles. The summed E-state index contributed by atoms with van der Waals surface area (Å²) in [4.78, 5) is 40.5. The van der Waals surface area contributed by atoms with E-state index < -0.39 is 17.5 Å². The summed E-state index contributed by atoms with van der Waals surface area (Å²) in [7, 11) is 0. The Morgan fingerprint density at radius 2 is 2.21 bits per heavy atom. The molecule has 1 aromatic rings. The maximum absolute atomic E-state index is 10.9. The average Bonchev–Trinajstić information content (AvgIpc) is 2.37. The molecule has 0 aliphatic heterocycles. The summed E-state index contributed by atoms with van der Waals surface area (Å²) in [5, 5.41) is 19.2. The van der Waals surface area contributed by atoms with Crippen LogP contribution in [-0.4, -0.2) is 28.9 Å². The van der Waals surface area contributed by atoms with Crippen molar-refractivity contribution >= 4 is 17.9 Å². The van der Waals surface area contributed by atoms with E-state index in [2.05, 4.69) is 4.89 Å². The highest BCUT2D eigenvalue weighted by molar-refractivity contribution is 5.81. The van der Waals surface area contributed by atoms with Crippen molar-refractivity contribution in [3.8, 4) is 5.75 Å². The monoisotopic (exact) mass is 269 g/mol. The summed E-state index contributed by atoms with van der Waals surface area (Å²) in [6, 6.07) is 2.40. The Morgan fingerprint density at radius 1 is 1.53 bits per heavy atom. The fraction of sp³-hybridized carbons (Fsp3) is 0.273. The molecule has 0 unspecified atom stereocenters. The minimum Gasteiger partial charge on any atom is -0.479 e. The topological polar surface area (TPSA) is 116 Å². The van der Waals surface area contributed by atoms with E-state index in [1.807, 2.05) is 0 Å². The molecular weight excluding hydrogens is 258 g/mol. The van der Waals surface area contributed by atoms with Crippen LogP contribution in [-0.2, 0) is 16.1 Å². The van der Waals surface area contributed by atoms with Gasteiger partial charge in [-0.2, -0.15) is 4.89 Å². The van der Waals surface area contributed by atoms with Gasteiger partial charge in [-0.3, -0.25) is 14.9 Å². The zero-order valence-electron chi connectivity index (χ0n) is 9.99. The fourth-order valence-corrected chi connectivity index (χ4v) is 1.48. The first-order valence-corrected chi connectivity index (χ1v) is 5.28. The number of rotatable bonds is 7. The Bertz CT molecular complexity index is 512. The predicted octanol–water partition coefficient (Wildman–Crippen LogP) is 1.36. The predicted molar refractivity (Wildman–Crippen MR) is 62.1 cm³/mol. The normalized spacial score (nSPS) is 9.95. The Kier molecular flexibility index (Phi) is 4.95. The number of hydrogen-bond donors (Lipinski definition) is 1. The highest BCUT2D eigenvalue weighted by atomic mass is 17.2. The van der Waals surface area contributed by atoms with Gasteiger partial charge in [0.1, 0.15) is 0 Å². The van der Waals surface area contributed by atoms with Crippen LogP contribution in [0.25, 0.3) is 0 Å². The highest BCUT2D eigenvalue weighted by Gasteiger charge is 2.21.